The van der Waals surface area contributed by atoms with E-state index < -0.39 is 11.8 Å². The van der Waals surface area contributed by atoms with E-state index in [-0.39, 0.29) is 6.42 Å². The summed E-state index contributed by atoms with van der Waals surface area (Å²) >= 11 is 0. The first-order chi connectivity index (χ1) is 4.52. The van der Waals surface area contributed by atoms with E-state index >= 15 is 0 Å². The number of hydrogen-bond acceptors (Lipinski definition) is 3. The lowest BCUT2D eigenvalue weighted by Crippen LogP contribution is -2.47. The van der Waals surface area contributed by atoms with Crippen LogP contribution in [0.15, 0.2) is 12.7 Å². The van der Waals surface area contributed by atoms with Crippen LogP contribution in [0.2, 0.25) is 0 Å². The van der Waals surface area contributed by atoms with E-state index in [4.69, 9.17) is 10.2 Å². The molecule has 0 aromatic heterocycles. The number of carbonyl (C=O) groups is 1. The predicted molar refractivity (Wildman–Crippen MR) is 35.8 cm³/mol. The fourth-order valence-electron chi connectivity index (χ4n) is 0.337. The Hall–Kier alpha value is -0.870. The van der Waals surface area contributed by atoms with Crippen molar-refractivity contribution in [2.24, 2.45) is 0 Å². The highest BCUT2D eigenvalue weighted by atomic mass is 16.5. The molecule has 0 aliphatic rings. The summed E-state index contributed by atoms with van der Waals surface area (Å²) in [6.45, 7) is 4.68. The Morgan fingerprint density at radius 2 is 2.30 bits per heavy atom. The van der Waals surface area contributed by atoms with E-state index in [9.17, 15) is 4.79 Å². The van der Waals surface area contributed by atoms with Crippen LogP contribution in [0.25, 0.3) is 0 Å². The van der Waals surface area contributed by atoms with Crippen LogP contribution in [0.1, 0.15) is 13.3 Å². The molecule has 4 heteroatoms. The van der Waals surface area contributed by atoms with Gasteiger partial charge in [-0.15, -0.1) is 0 Å². The topological polar surface area (TPSA) is 69.6 Å². The Bertz CT molecular complexity index is 142. The quantitative estimate of drug-likeness (QED) is 0.364. The first-order valence-corrected chi connectivity index (χ1v) is 2.91. The van der Waals surface area contributed by atoms with Gasteiger partial charge in [0.1, 0.15) is 0 Å². The molecule has 0 aromatic carbocycles. The van der Waals surface area contributed by atoms with Crippen LogP contribution in [-0.4, -0.2) is 22.0 Å². The Balaban J connectivity index is 3.87. The maximum Gasteiger partial charge on any atom is 0.247 e. The molecule has 0 rings (SSSR count). The standard InChI is InChI=1S/C6H11NO3/c1-3-5(8)7-6(9,10)4-2/h3,9-10H,1,4H2,2H3,(H,7,8). The summed E-state index contributed by atoms with van der Waals surface area (Å²) in [5, 5.41) is 19.5. The van der Waals surface area contributed by atoms with Gasteiger partial charge in [-0.3, -0.25) is 4.79 Å². The van der Waals surface area contributed by atoms with Crippen molar-refractivity contribution in [3.63, 3.8) is 0 Å². The van der Waals surface area contributed by atoms with Crippen molar-refractivity contribution in [1.82, 2.24) is 5.32 Å². The van der Waals surface area contributed by atoms with Crippen molar-refractivity contribution in [2.45, 2.75) is 19.3 Å². The number of rotatable bonds is 3. The van der Waals surface area contributed by atoms with Crippen LogP contribution < -0.4 is 5.32 Å². The Morgan fingerprint density at radius 3 is 2.60 bits per heavy atom. The first kappa shape index (κ1) is 9.13. The number of aliphatic hydroxyl groups is 2. The van der Waals surface area contributed by atoms with Gasteiger partial charge in [0.15, 0.2) is 0 Å². The highest BCUT2D eigenvalue weighted by molar-refractivity contribution is 5.87. The largest absolute Gasteiger partial charge is 0.349 e. The predicted octanol–water partition coefficient (Wildman–Crippen LogP) is -0.663. The van der Waals surface area contributed by atoms with Crippen molar-refractivity contribution in [3.8, 4) is 0 Å². The molecule has 3 N–H and O–H groups in total. The average Bonchev–Trinajstić information content (AvgIpc) is 1.87. The molecule has 0 radical (unpaired) electrons. The minimum atomic E-state index is -2.11. The summed E-state index contributed by atoms with van der Waals surface area (Å²) in [5.41, 5.74) is 0. The number of amides is 1. The summed E-state index contributed by atoms with van der Waals surface area (Å²) in [5.74, 6) is -2.71. The average molecular weight is 145 g/mol. The molecule has 0 aliphatic heterocycles. The lowest BCUT2D eigenvalue weighted by Gasteiger charge is -2.19. The van der Waals surface area contributed by atoms with Crippen LogP contribution in [0.3, 0.4) is 0 Å². The molecule has 0 atom stereocenters. The second-order valence-electron chi connectivity index (χ2n) is 1.86. The van der Waals surface area contributed by atoms with Crippen LogP contribution in [-0.2, 0) is 4.79 Å². The highest BCUT2D eigenvalue weighted by Gasteiger charge is 2.20. The van der Waals surface area contributed by atoms with Crippen molar-refractivity contribution >= 4 is 5.91 Å². The van der Waals surface area contributed by atoms with E-state index in [1.165, 1.54) is 6.92 Å². The molecule has 0 bridgehead atoms. The fourth-order valence-corrected chi connectivity index (χ4v) is 0.337. The number of hydrogen-bond donors (Lipinski definition) is 3. The Kier molecular flexibility index (Phi) is 3.05. The maximum absolute atomic E-state index is 10.4. The molecule has 0 unspecified atom stereocenters. The molecule has 10 heavy (non-hydrogen) atoms. The van der Waals surface area contributed by atoms with Crippen LogP contribution in [0, 0.1) is 0 Å². The zero-order valence-electron chi connectivity index (χ0n) is 5.79. The molecule has 0 aliphatic carbocycles. The Morgan fingerprint density at radius 1 is 1.80 bits per heavy atom. The van der Waals surface area contributed by atoms with Gasteiger partial charge in [-0.25, -0.2) is 0 Å². The van der Waals surface area contributed by atoms with E-state index in [1.807, 2.05) is 5.32 Å². The van der Waals surface area contributed by atoms with Crippen LogP contribution in [0.4, 0.5) is 0 Å². The fraction of sp³-hybridized carbons (Fsp3) is 0.500. The zero-order valence-corrected chi connectivity index (χ0v) is 5.79. The molecule has 58 valence electrons. The van der Waals surface area contributed by atoms with Crippen molar-refractivity contribution in [2.75, 3.05) is 0 Å². The molecule has 0 spiro atoms. The van der Waals surface area contributed by atoms with E-state index in [0.29, 0.717) is 0 Å². The van der Waals surface area contributed by atoms with Crippen LogP contribution in [0.5, 0.6) is 0 Å². The highest BCUT2D eigenvalue weighted by Crippen LogP contribution is 1.98. The third-order valence-corrected chi connectivity index (χ3v) is 1.00. The third-order valence-electron chi connectivity index (χ3n) is 1.00. The minimum Gasteiger partial charge on any atom is -0.349 e. The summed E-state index contributed by atoms with van der Waals surface area (Å²) < 4.78 is 0. The molecular weight excluding hydrogens is 134 g/mol. The molecule has 0 saturated carbocycles. The van der Waals surface area contributed by atoms with Crippen molar-refractivity contribution in [1.29, 1.82) is 0 Å². The van der Waals surface area contributed by atoms with E-state index in [0.717, 1.165) is 6.08 Å². The Labute approximate surface area is 59.2 Å². The molecule has 0 fully saturated rings. The second-order valence-corrected chi connectivity index (χ2v) is 1.86. The number of carbonyl (C=O) groups excluding carboxylic acids is 1. The smallest absolute Gasteiger partial charge is 0.247 e. The van der Waals surface area contributed by atoms with E-state index in [1.54, 1.807) is 0 Å². The van der Waals surface area contributed by atoms with Gasteiger partial charge in [0, 0.05) is 6.42 Å². The second kappa shape index (κ2) is 3.34. The number of nitrogens with one attached hydrogen (secondary N) is 1. The van der Waals surface area contributed by atoms with Gasteiger partial charge in [-0.2, -0.15) is 0 Å². The first-order valence-electron chi connectivity index (χ1n) is 2.91. The summed E-state index contributed by atoms with van der Waals surface area (Å²) in [7, 11) is 0. The van der Waals surface area contributed by atoms with Crippen LogP contribution >= 0.6 is 0 Å². The van der Waals surface area contributed by atoms with Gasteiger partial charge in [0.25, 0.3) is 0 Å². The molecular formula is C6H11NO3. The van der Waals surface area contributed by atoms with Gasteiger partial charge >= 0.3 is 0 Å². The monoisotopic (exact) mass is 145 g/mol. The summed E-state index contributed by atoms with van der Waals surface area (Å²) in [4.78, 5) is 10.4. The lowest BCUT2D eigenvalue weighted by atomic mass is 10.3. The molecule has 0 heterocycles. The normalized spacial score (nSPS) is 10.7. The molecule has 4 nitrogen and oxygen atoms in total. The van der Waals surface area contributed by atoms with Gasteiger partial charge in [-0.05, 0) is 6.08 Å². The lowest BCUT2D eigenvalue weighted by molar-refractivity contribution is -0.188. The SMILES string of the molecule is C=CC(=O)NC(O)(O)CC. The maximum atomic E-state index is 10.4. The van der Waals surface area contributed by atoms with Gasteiger partial charge in [0.2, 0.25) is 11.8 Å². The summed E-state index contributed by atoms with van der Waals surface area (Å²) in [6.07, 6.45) is 1.00. The van der Waals surface area contributed by atoms with Gasteiger partial charge in [0.05, 0.1) is 0 Å². The minimum absolute atomic E-state index is 0.0343. The van der Waals surface area contributed by atoms with E-state index in [2.05, 4.69) is 6.58 Å². The van der Waals surface area contributed by atoms with Crippen molar-refractivity contribution in [3.05, 3.63) is 12.7 Å². The van der Waals surface area contributed by atoms with Gasteiger partial charge in [-0.1, -0.05) is 13.5 Å². The zero-order chi connectivity index (χ0) is 8.20. The molecule has 0 aromatic rings. The summed E-state index contributed by atoms with van der Waals surface area (Å²) in [6, 6.07) is 0. The third kappa shape index (κ3) is 3.21. The molecule has 0 saturated heterocycles. The molecule has 1 amide bonds. The van der Waals surface area contributed by atoms with Crippen molar-refractivity contribution < 1.29 is 15.0 Å². The van der Waals surface area contributed by atoms with Gasteiger partial charge < -0.3 is 15.5 Å².